The highest BCUT2D eigenvalue weighted by Crippen LogP contribution is 2.40. The maximum absolute atomic E-state index is 9.74. The van der Waals surface area contributed by atoms with Crippen LogP contribution in [0.2, 0.25) is 0 Å². The van der Waals surface area contributed by atoms with E-state index in [4.69, 9.17) is 0 Å². The summed E-state index contributed by atoms with van der Waals surface area (Å²) in [5, 5.41) is 13.2. The Hall–Kier alpha value is -1.86. The molecule has 0 aliphatic heterocycles. The number of hydrogen-bond donors (Lipinski definition) is 1. The van der Waals surface area contributed by atoms with E-state index < -0.39 is 5.54 Å². The molecule has 4 heteroatoms. The van der Waals surface area contributed by atoms with Gasteiger partial charge in [0, 0.05) is 0 Å². The van der Waals surface area contributed by atoms with Gasteiger partial charge in [-0.2, -0.15) is 5.26 Å². The molecule has 0 saturated heterocycles. The van der Waals surface area contributed by atoms with E-state index in [-0.39, 0.29) is 0 Å². The van der Waals surface area contributed by atoms with E-state index in [1.165, 1.54) is 11.1 Å². The smallest absolute Gasteiger partial charge is 0.127 e. The molecule has 3 rings (SSSR count). The number of hydrogen-bond acceptors (Lipinski definition) is 3. The minimum absolute atomic E-state index is 0.457. The Labute approximate surface area is 125 Å². The molecule has 1 fully saturated rings. The normalized spacial score (nSPS) is 17.6. The quantitative estimate of drug-likeness (QED) is 0.917. The minimum Gasteiger partial charge on any atom is -0.328 e. The highest BCUT2D eigenvalue weighted by molar-refractivity contribution is 5.77. The molecule has 1 heterocycles. The Balaban J connectivity index is 2.00. The molecule has 0 bridgehead atoms. The molecule has 1 unspecified atom stereocenters. The first-order chi connectivity index (χ1) is 10.1. The second-order valence-electron chi connectivity index (χ2n) is 6.19. The lowest BCUT2D eigenvalue weighted by molar-refractivity contribution is 0.328. The standard InChI is InChI=1S/C17H22N4/c1-4-20-17(9-18,14-5-6-14)10-21-11-19-15-7-12(2)13(3)8-16(15)21/h7-8,11,14,20H,4-6,10H2,1-3H3. The van der Waals surface area contributed by atoms with Crippen molar-refractivity contribution in [2.45, 2.75) is 45.7 Å². The molecule has 1 aliphatic rings. The van der Waals surface area contributed by atoms with Crippen molar-refractivity contribution in [3.05, 3.63) is 29.6 Å². The number of aromatic nitrogens is 2. The van der Waals surface area contributed by atoms with Crippen molar-refractivity contribution >= 4 is 11.0 Å². The average Bonchev–Trinajstić information content (AvgIpc) is 3.25. The molecule has 1 N–H and O–H groups in total. The fourth-order valence-electron chi connectivity index (χ4n) is 3.10. The summed E-state index contributed by atoms with van der Waals surface area (Å²) in [6, 6.07) is 6.85. The van der Waals surface area contributed by atoms with Crippen molar-refractivity contribution in [1.82, 2.24) is 14.9 Å². The predicted molar refractivity (Wildman–Crippen MR) is 84.0 cm³/mol. The summed E-state index contributed by atoms with van der Waals surface area (Å²) in [5.74, 6) is 0.464. The van der Waals surface area contributed by atoms with Gasteiger partial charge in [0.25, 0.3) is 0 Å². The summed E-state index contributed by atoms with van der Waals surface area (Å²) in [6.07, 6.45) is 4.16. The van der Waals surface area contributed by atoms with Crippen molar-refractivity contribution in [3.63, 3.8) is 0 Å². The molecule has 1 aliphatic carbocycles. The third kappa shape index (κ3) is 2.43. The lowest BCUT2D eigenvalue weighted by Crippen LogP contribution is -2.49. The topological polar surface area (TPSA) is 53.6 Å². The van der Waals surface area contributed by atoms with Gasteiger partial charge in [0.2, 0.25) is 0 Å². The number of fused-ring (bicyclic) bond motifs is 1. The summed E-state index contributed by atoms with van der Waals surface area (Å²) in [7, 11) is 0. The van der Waals surface area contributed by atoms with Gasteiger partial charge in [0.15, 0.2) is 0 Å². The highest BCUT2D eigenvalue weighted by Gasteiger charge is 2.45. The second-order valence-corrected chi connectivity index (χ2v) is 6.19. The fraction of sp³-hybridized carbons (Fsp3) is 0.529. The zero-order chi connectivity index (χ0) is 15.0. The second kappa shape index (κ2) is 5.16. The van der Waals surface area contributed by atoms with Gasteiger partial charge in [-0.05, 0) is 62.4 Å². The summed E-state index contributed by atoms with van der Waals surface area (Å²) in [6.45, 7) is 7.77. The van der Waals surface area contributed by atoms with Gasteiger partial charge in [0.05, 0.1) is 30.0 Å². The van der Waals surface area contributed by atoms with Gasteiger partial charge in [-0.1, -0.05) is 6.92 Å². The molecule has 1 aromatic carbocycles. The molecule has 0 radical (unpaired) electrons. The maximum Gasteiger partial charge on any atom is 0.127 e. The molecule has 1 aromatic heterocycles. The van der Waals surface area contributed by atoms with Crippen LogP contribution >= 0.6 is 0 Å². The molecule has 21 heavy (non-hydrogen) atoms. The number of imidazole rings is 1. The summed E-state index contributed by atoms with van der Waals surface area (Å²) in [5.41, 5.74) is 4.20. The van der Waals surface area contributed by atoms with Crippen LogP contribution in [0.1, 0.15) is 30.9 Å². The fourth-order valence-corrected chi connectivity index (χ4v) is 3.10. The molecule has 4 nitrogen and oxygen atoms in total. The molecule has 1 atom stereocenters. The molecule has 0 spiro atoms. The van der Waals surface area contributed by atoms with Crippen molar-refractivity contribution < 1.29 is 0 Å². The predicted octanol–water partition coefficient (Wildman–Crippen LogP) is 2.94. The van der Waals surface area contributed by atoms with E-state index in [0.717, 1.165) is 30.4 Å². The number of nitrogens with zero attached hydrogens (tertiary/aromatic N) is 3. The lowest BCUT2D eigenvalue weighted by atomic mass is 9.94. The van der Waals surface area contributed by atoms with Crippen LogP contribution < -0.4 is 5.32 Å². The zero-order valence-electron chi connectivity index (χ0n) is 13.0. The van der Waals surface area contributed by atoms with Crippen LogP contribution in [0.25, 0.3) is 11.0 Å². The van der Waals surface area contributed by atoms with E-state index in [2.05, 4.69) is 53.8 Å². The summed E-state index contributed by atoms with van der Waals surface area (Å²) in [4.78, 5) is 4.50. The van der Waals surface area contributed by atoms with E-state index >= 15 is 0 Å². The summed E-state index contributed by atoms with van der Waals surface area (Å²) < 4.78 is 2.13. The zero-order valence-corrected chi connectivity index (χ0v) is 13.0. The lowest BCUT2D eigenvalue weighted by Gasteiger charge is -2.28. The van der Waals surface area contributed by atoms with Crippen LogP contribution in [0.5, 0.6) is 0 Å². The Morgan fingerprint density at radius 3 is 2.71 bits per heavy atom. The van der Waals surface area contributed by atoms with E-state index in [0.29, 0.717) is 12.5 Å². The first-order valence-corrected chi connectivity index (χ1v) is 7.68. The Kier molecular flexibility index (Phi) is 3.46. The van der Waals surface area contributed by atoms with E-state index in [1.54, 1.807) is 0 Å². The van der Waals surface area contributed by atoms with Crippen molar-refractivity contribution in [3.8, 4) is 6.07 Å². The average molecular weight is 282 g/mol. The number of benzene rings is 1. The van der Waals surface area contributed by atoms with Crippen LogP contribution in [0.3, 0.4) is 0 Å². The van der Waals surface area contributed by atoms with Crippen LogP contribution in [0.15, 0.2) is 18.5 Å². The largest absolute Gasteiger partial charge is 0.328 e. The Bertz CT molecular complexity index is 705. The molecule has 0 amide bonds. The van der Waals surface area contributed by atoms with Crippen LogP contribution in [-0.2, 0) is 6.54 Å². The van der Waals surface area contributed by atoms with Crippen LogP contribution in [0.4, 0.5) is 0 Å². The number of aryl methyl sites for hydroxylation is 2. The number of rotatable bonds is 5. The minimum atomic E-state index is -0.457. The first-order valence-electron chi connectivity index (χ1n) is 7.68. The Morgan fingerprint density at radius 1 is 1.38 bits per heavy atom. The third-order valence-electron chi connectivity index (χ3n) is 4.62. The van der Waals surface area contributed by atoms with Crippen LogP contribution in [-0.4, -0.2) is 21.6 Å². The van der Waals surface area contributed by atoms with Gasteiger partial charge in [-0.3, -0.25) is 5.32 Å². The summed E-state index contributed by atoms with van der Waals surface area (Å²) >= 11 is 0. The first kappa shape index (κ1) is 14.1. The monoisotopic (exact) mass is 282 g/mol. The number of likely N-dealkylation sites (N-methyl/N-ethyl adjacent to an activating group) is 1. The van der Waals surface area contributed by atoms with E-state index in [9.17, 15) is 5.26 Å². The molecule has 1 saturated carbocycles. The maximum atomic E-state index is 9.74. The Morgan fingerprint density at radius 2 is 2.10 bits per heavy atom. The van der Waals surface area contributed by atoms with Gasteiger partial charge >= 0.3 is 0 Å². The van der Waals surface area contributed by atoms with Gasteiger partial charge in [0.1, 0.15) is 5.54 Å². The SMILES string of the molecule is CCNC(C#N)(Cn1cnc2cc(C)c(C)cc21)C1CC1. The van der Waals surface area contributed by atoms with Gasteiger partial charge in [-0.15, -0.1) is 0 Å². The van der Waals surface area contributed by atoms with Gasteiger partial charge in [-0.25, -0.2) is 4.98 Å². The van der Waals surface area contributed by atoms with Crippen LogP contribution in [0, 0.1) is 31.1 Å². The van der Waals surface area contributed by atoms with Crippen molar-refractivity contribution in [1.29, 1.82) is 5.26 Å². The number of nitriles is 1. The molecule has 2 aromatic rings. The van der Waals surface area contributed by atoms with Crippen molar-refractivity contribution in [2.24, 2.45) is 5.92 Å². The molecule has 110 valence electrons. The third-order valence-corrected chi connectivity index (χ3v) is 4.62. The molecular weight excluding hydrogens is 260 g/mol. The van der Waals surface area contributed by atoms with E-state index in [1.807, 2.05) is 6.33 Å². The highest BCUT2D eigenvalue weighted by atomic mass is 15.1. The van der Waals surface area contributed by atoms with Gasteiger partial charge < -0.3 is 4.57 Å². The molecular formula is C17H22N4. The number of nitrogens with one attached hydrogen (secondary N) is 1. The van der Waals surface area contributed by atoms with Crippen molar-refractivity contribution in [2.75, 3.05) is 6.54 Å².